The van der Waals surface area contributed by atoms with Crippen molar-refractivity contribution in [1.29, 1.82) is 5.26 Å². The number of nitrogens with zero attached hydrogens (tertiary/aromatic N) is 7. The Bertz CT molecular complexity index is 1620. The lowest BCUT2D eigenvalue weighted by molar-refractivity contribution is 0.0885. The third-order valence-corrected chi connectivity index (χ3v) is 8.83. The molecule has 2 aliphatic rings. The fourth-order valence-corrected chi connectivity index (χ4v) is 5.87. The Morgan fingerprint density at radius 1 is 1.12 bits per heavy atom. The van der Waals surface area contributed by atoms with Gasteiger partial charge in [-0.15, -0.1) is 0 Å². The number of anilines is 2. The summed E-state index contributed by atoms with van der Waals surface area (Å²) in [6.45, 7) is 12.2. The Morgan fingerprint density at radius 3 is 2.56 bits per heavy atom. The number of carbonyl (C=O) groups excluding carboxylic acids is 1. The number of amides is 1. The van der Waals surface area contributed by atoms with E-state index in [-0.39, 0.29) is 11.4 Å². The number of nitriles is 1. The van der Waals surface area contributed by atoms with Gasteiger partial charge < -0.3 is 15.1 Å². The average Bonchev–Trinajstić information content (AvgIpc) is 3.35. The predicted octanol–water partition coefficient (Wildman–Crippen LogP) is 4.85. The first-order chi connectivity index (χ1) is 19.7. The van der Waals surface area contributed by atoms with Crippen LogP contribution in [0.2, 0.25) is 0 Å². The largest absolute Gasteiger partial charge is 0.370 e. The van der Waals surface area contributed by atoms with E-state index in [1.807, 2.05) is 36.0 Å². The molecule has 9 heteroatoms. The first-order valence-corrected chi connectivity index (χ1v) is 14.4. The van der Waals surface area contributed by atoms with E-state index in [0.717, 1.165) is 72.7 Å². The lowest BCUT2D eigenvalue weighted by atomic mass is 9.88. The van der Waals surface area contributed by atoms with Crippen molar-refractivity contribution in [2.24, 2.45) is 11.8 Å². The fourth-order valence-electron chi connectivity index (χ4n) is 5.87. The topological polar surface area (TPSA) is 102 Å². The molecule has 0 saturated carbocycles. The molecule has 2 aliphatic heterocycles. The Kier molecular flexibility index (Phi) is 6.86. The van der Waals surface area contributed by atoms with Crippen LogP contribution in [0.15, 0.2) is 55.1 Å². The standard InChI is InChI=1S/C32H36N8O/c1-21(2)25-18-39(19-25)26-14-27(30-24(15-33)17-36-40(30)20-26)23-7-8-28(35-16-23)38-12-9-32(4,10-13-38)37-31(41)29-22(3)6-5-11-34-29/h5-8,11,14,16-17,20-21,25H,9-10,12-13,18-19H2,1-4H3,(H,37,41). The fraction of sp³-hybridized carbons (Fsp3) is 0.406. The Balaban J connectivity index is 1.18. The van der Waals surface area contributed by atoms with Crippen molar-refractivity contribution >= 4 is 22.9 Å². The number of hydrogen-bond acceptors (Lipinski definition) is 7. The summed E-state index contributed by atoms with van der Waals surface area (Å²) >= 11 is 0. The van der Waals surface area contributed by atoms with Gasteiger partial charge in [-0.3, -0.25) is 9.78 Å². The van der Waals surface area contributed by atoms with Crippen LogP contribution in [-0.2, 0) is 0 Å². The molecule has 0 aliphatic carbocycles. The van der Waals surface area contributed by atoms with Crippen LogP contribution in [0, 0.1) is 30.1 Å². The SMILES string of the molecule is Cc1cccnc1C(=O)NC1(C)CCN(c2ccc(-c3cc(N4CC(C(C)C)C4)cn4ncc(C#N)c34)cn2)CC1. The molecule has 2 fully saturated rings. The molecule has 0 radical (unpaired) electrons. The summed E-state index contributed by atoms with van der Waals surface area (Å²) in [6, 6.07) is 12.4. The molecule has 210 valence electrons. The van der Waals surface area contributed by atoms with Crippen LogP contribution in [0.3, 0.4) is 0 Å². The molecule has 4 aromatic rings. The minimum atomic E-state index is -0.301. The second kappa shape index (κ2) is 10.5. The van der Waals surface area contributed by atoms with Gasteiger partial charge >= 0.3 is 0 Å². The van der Waals surface area contributed by atoms with Gasteiger partial charge in [0.2, 0.25) is 0 Å². The number of carbonyl (C=O) groups is 1. The van der Waals surface area contributed by atoms with Crippen LogP contribution in [0.25, 0.3) is 16.6 Å². The Morgan fingerprint density at radius 2 is 1.90 bits per heavy atom. The third-order valence-electron chi connectivity index (χ3n) is 8.83. The summed E-state index contributed by atoms with van der Waals surface area (Å²) in [7, 11) is 0. The van der Waals surface area contributed by atoms with Crippen molar-refractivity contribution in [1.82, 2.24) is 24.9 Å². The zero-order valence-corrected chi connectivity index (χ0v) is 24.1. The summed E-state index contributed by atoms with van der Waals surface area (Å²) < 4.78 is 1.83. The van der Waals surface area contributed by atoms with E-state index < -0.39 is 0 Å². The van der Waals surface area contributed by atoms with Gasteiger partial charge in [0, 0.05) is 55.2 Å². The van der Waals surface area contributed by atoms with Gasteiger partial charge in [0.25, 0.3) is 5.91 Å². The van der Waals surface area contributed by atoms with Gasteiger partial charge in [0.05, 0.1) is 29.2 Å². The van der Waals surface area contributed by atoms with E-state index in [2.05, 4.69) is 70.2 Å². The van der Waals surface area contributed by atoms with E-state index in [4.69, 9.17) is 4.98 Å². The number of rotatable bonds is 6. The number of aryl methyl sites for hydroxylation is 1. The van der Waals surface area contributed by atoms with Crippen LogP contribution < -0.4 is 15.1 Å². The number of nitrogens with one attached hydrogen (secondary N) is 1. The number of hydrogen-bond donors (Lipinski definition) is 1. The quantitative estimate of drug-likeness (QED) is 0.367. The molecule has 1 amide bonds. The molecule has 4 aromatic heterocycles. The maximum Gasteiger partial charge on any atom is 0.270 e. The first-order valence-electron chi connectivity index (χ1n) is 14.4. The summed E-state index contributed by atoms with van der Waals surface area (Å²) in [5.41, 5.74) is 5.45. The van der Waals surface area contributed by atoms with Crippen molar-refractivity contribution in [2.75, 3.05) is 36.0 Å². The van der Waals surface area contributed by atoms with Crippen LogP contribution in [0.4, 0.5) is 11.5 Å². The van der Waals surface area contributed by atoms with E-state index in [0.29, 0.717) is 23.1 Å². The van der Waals surface area contributed by atoms with Gasteiger partial charge in [-0.2, -0.15) is 10.4 Å². The number of aromatic nitrogens is 4. The van der Waals surface area contributed by atoms with Crippen molar-refractivity contribution in [3.05, 3.63) is 71.9 Å². The highest BCUT2D eigenvalue weighted by Crippen LogP contribution is 2.35. The summed E-state index contributed by atoms with van der Waals surface area (Å²) in [5.74, 6) is 2.15. The Hall–Kier alpha value is -4.45. The highest BCUT2D eigenvalue weighted by atomic mass is 16.2. The monoisotopic (exact) mass is 548 g/mol. The number of fused-ring (bicyclic) bond motifs is 1. The molecule has 2 saturated heterocycles. The van der Waals surface area contributed by atoms with E-state index in [9.17, 15) is 10.1 Å². The molecule has 9 nitrogen and oxygen atoms in total. The van der Waals surface area contributed by atoms with Crippen molar-refractivity contribution in [3.63, 3.8) is 0 Å². The van der Waals surface area contributed by atoms with Crippen LogP contribution in [-0.4, -0.2) is 57.2 Å². The second-order valence-electron chi connectivity index (χ2n) is 12.1. The molecule has 41 heavy (non-hydrogen) atoms. The van der Waals surface area contributed by atoms with E-state index in [1.54, 1.807) is 12.4 Å². The van der Waals surface area contributed by atoms with Crippen molar-refractivity contribution in [2.45, 2.75) is 46.1 Å². The van der Waals surface area contributed by atoms with Crippen molar-refractivity contribution < 1.29 is 4.79 Å². The van der Waals surface area contributed by atoms with Crippen LogP contribution >= 0.6 is 0 Å². The zero-order valence-electron chi connectivity index (χ0n) is 24.1. The zero-order chi connectivity index (χ0) is 28.7. The highest BCUT2D eigenvalue weighted by molar-refractivity contribution is 5.94. The average molecular weight is 549 g/mol. The highest BCUT2D eigenvalue weighted by Gasteiger charge is 2.33. The lowest BCUT2D eigenvalue weighted by Gasteiger charge is -2.43. The van der Waals surface area contributed by atoms with Crippen LogP contribution in [0.5, 0.6) is 0 Å². The molecule has 0 aromatic carbocycles. The molecular weight excluding hydrogens is 512 g/mol. The van der Waals surface area contributed by atoms with Gasteiger partial charge in [-0.1, -0.05) is 19.9 Å². The molecular formula is C32H36N8O. The van der Waals surface area contributed by atoms with Gasteiger partial charge in [-0.25, -0.2) is 9.50 Å². The molecule has 0 unspecified atom stereocenters. The maximum atomic E-state index is 12.9. The van der Waals surface area contributed by atoms with Gasteiger partial charge in [0.1, 0.15) is 17.6 Å². The Labute approximate surface area is 240 Å². The minimum absolute atomic E-state index is 0.121. The third kappa shape index (κ3) is 5.10. The smallest absolute Gasteiger partial charge is 0.270 e. The summed E-state index contributed by atoms with van der Waals surface area (Å²) in [6.07, 6.45) is 8.84. The maximum absolute atomic E-state index is 12.9. The molecule has 6 heterocycles. The minimum Gasteiger partial charge on any atom is -0.370 e. The first kappa shape index (κ1) is 26.8. The normalized spacial score (nSPS) is 17.0. The van der Waals surface area contributed by atoms with Crippen LogP contribution in [0.1, 0.15) is 55.2 Å². The predicted molar refractivity (Wildman–Crippen MR) is 160 cm³/mol. The van der Waals surface area contributed by atoms with Gasteiger partial charge in [0.15, 0.2) is 0 Å². The summed E-state index contributed by atoms with van der Waals surface area (Å²) in [5, 5.41) is 17.5. The van der Waals surface area contributed by atoms with E-state index >= 15 is 0 Å². The lowest BCUT2D eigenvalue weighted by Crippen LogP contribution is -2.53. The van der Waals surface area contributed by atoms with Gasteiger partial charge in [-0.05, 0) is 68.4 Å². The summed E-state index contributed by atoms with van der Waals surface area (Å²) in [4.78, 5) is 26.6. The molecule has 0 spiro atoms. The second-order valence-corrected chi connectivity index (χ2v) is 12.1. The number of piperidine rings is 1. The van der Waals surface area contributed by atoms with E-state index in [1.165, 1.54) is 0 Å². The molecule has 0 bridgehead atoms. The molecule has 1 N–H and O–H groups in total. The number of pyridine rings is 3. The molecule has 6 rings (SSSR count). The molecule has 0 atom stereocenters. The van der Waals surface area contributed by atoms with Crippen molar-refractivity contribution in [3.8, 4) is 17.2 Å².